The molecule has 0 saturated carbocycles. The normalized spacial score (nSPS) is 13.8. The summed E-state index contributed by atoms with van der Waals surface area (Å²) in [6.45, 7) is 1.62. The Morgan fingerprint density at radius 3 is 2.40 bits per heavy atom. The highest BCUT2D eigenvalue weighted by molar-refractivity contribution is 6.36. The first kappa shape index (κ1) is 14.8. The van der Waals surface area contributed by atoms with Crippen molar-refractivity contribution in [2.24, 2.45) is 0 Å². The monoisotopic (exact) mass is 309 g/mol. The first-order valence-corrected chi connectivity index (χ1v) is 6.77. The molecule has 1 atom stereocenters. The minimum absolute atomic E-state index is 0.264. The van der Waals surface area contributed by atoms with E-state index in [9.17, 15) is 9.90 Å². The molecule has 0 amide bonds. The molecular weight excluding hydrogens is 297 g/mol. The van der Waals surface area contributed by atoms with Gasteiger partial charge in [-0.3, -0.25) is 9.78 Å². The number of nitrogens with zero attached hydrogens (tertiary/aromatic N) is 1. The number of aliphatic carboxylic acids is 1. The number of aromatic nitrogens is 1. The number of benzene rings is 1. The van der Waals surface area contributed by atoms with E-state index >= 15 is 0 Å². The summed E-state index contributed by atoms with van der Waals surface area (Å²) in [6, 6.07) is 8.59. The molecule has 0 spiro atoms. The summed E-state index contributed by atoms with van der Waals surface area (Å²) >= 11 is 12.3. The minimum Gasteiger partial charge on any atom is -0.481 e. The molecule has 3 nitrogen and oxygen atoms in total. The zero-order chi connectivity index (χ0) is 14.8. The van der Waals surface area contributed by atoms with E-state index in [1.165, 1.54) is 0 Å². The number of carbonyl (C=O) groups is 1. The van der Waals surface area contributed by atoms with E-state index in [0.717, 1.165) is 5.56 Å². The van der Waals surface area contributed by atoms with E-state index in [1.54, 1.807) is 43.6 Å². The van der Waals surface area contributed by atoms with Crippen molar-refractivity contribution in [3.63, 3.8) is 0 Å². The Morgan fingerprint density at radius 1 is 1.25 bits per heavy atom. The largest absolute Gasteiger partial charge is 0.481 e. The third kappa shape index (κ3) is 2.79. The lowest BCUT2D eigenvalue weighted by Gasteiger charge is -2.27. The first-order chi connectivity index (χ1) is 9.45. The van der Waals surface area contributed by atoms with Crippen LogP contribution in [0, 0.1) is 0 Å². The summed E-state index contributed by atoms with van der Waals surface area (Å²) in [7, 11) is 0. The minimum atomic E-state index is -1.21. The lowest BCUT2D eigenvalue weighted by atomic mass is 9.77. The Morgan fingerprint density at radius 2 is 1.90 bits per heavy atom. The predicted molar refractivity (Wildman–Crippen MR) is 79.4 cm³/mol. The molecule has 1 heterocycles. The number of hydrogen-bond donors (Lipinski definition) is 1. The summed E-state index contributed by atoms with van der Waals surface area (Å²) in [4.78, 5) is 15.8. The second-order valence-corrected chi connectivity index (χ2v) is 5.59. The topological polar surface area (TPSA) is 50.2 Å². The summed E-state index contributed by atoms with van der Waals surface area (Å²) in [5, 5.41) is 10.4. The van der Waals surface area contributed by atoms with Gasteiger partial charge in [0, 0.05) is 28.0 Å². The van der Waals surface area contributed by atoms with Gasteiger partial charge in [-0.15, -0.1) is 0 Å². The standard InChI is InChI=1S/C15H13Cl2NO2/c1-15(14(19)20,8-10-4-3-7-18-9-10)13-11(16)5-2-6-12(13)17/h2-7,9H,8H2,1H3,(H,19,20). The Bertz CT molecular complexity index is 611. The van der Waals surface area contributed by atoms with Crippen LogP contribution in [0.3, 0.4) is 0 Å². The molecule has 0 aliphatic carbocycles. The van der Waals surface area contributed by atoms with Crippen molar-refractivity contribution in [3.05, 3.63) is 63.9 Å². The molecule has 0 bridgehead atoms. The highest BCUT2D eigenvalue weighted by atomic mass is 35.5. The van der Waals surface area contributed by atoms with Crippen molar-refractivity contribution in [2.75, 3.05) is 0 Å². The zero-order valence-corrected chi connectivity index (χ0v) is 12.3. The first-order valence-electron chi connectivity index (χ1n) is 6.02. The third-order valence-electron chi connectivity index (χ3n) is 3.27. The molecule has 5 heteroatoms. The van der Waals surface area contributed by atoms with Crippen LogP contribution in [0.25, 0.3) is 0 Å². The highest BCUT2D eigenvalue weighted by Gasteiger charge is 2.38. The van der Waals surface area contributed by atoms with Crippen molar-refractivity contribution >= 4 is 29.2 Å². The van der Waals surface area contributed by atoms with Gasteiger partial charge in [-0.2, -0.15) is 0 Å². The number of carboxylic acid groups (broad SMARTS) is 1. The van der Waals surface area contributed by atoms with Gasteiger partial charge in [0.15, 0.2) is 0 Å². The van der Waals surface area contributed by atoms with Crippen molar-refractivity contribution in [3.8, 4) is 0 Å². The van der Waals surface area contributed by atoms with Gasteiger partial charge < -0.3 is 5.11 Å². The lowest BCUT2D eigenvalue weighted by Crippen LogP contribution is -2.35. The maximum absolute atomic E-state index is 11.8. The highest BCUT2D eigenvalue weighted by Crippen LogP contribution is 2.38. The lowest BCUT2D eigenvalue weighted by molar-refractivity contribution is -0.143. The quantitative estimate of drug-likeness (QED) is 0.929. The average Bonchev–Trinajstić information content (AvgIpc) is 2.39. The van der Waals surface area contributed by atoms with E-state index in [2.05, 4.69) is 4.98 Å². The van der Waals surface area contributed by atoms with E-state index in [4.69, 9.17) is 23.2 Å². The van der Waals surface area contributed by atoms with Crippen molar-refractivity contribution in [1.82, 2.24) is 4.98 Å². The zero-order valence-electron chi connectivity index (χ0n) is 10.8. The van der Waals surface area contributed by atoms with Gasteiger partial charge in [-0.05, 0) is 37.1 Å². The van der Waals surface area contributed by atoms with Crippen LogP contribution in [-0.2, 0) is 16.6 Å². The van der Waals surface area contributed by atoms with Gasteiger partial charge in [0.1, 0.15) is 0 Å². The number of carboxylic acids is 1. The van der Waals surface area contributed by atoms with Gasteiger partial charge in [-0.1, -0.05) is 35.3 Å². The molecule has 1 aromatic carbocycles. The Hall–Kier alpha value is -1.58. The maximum Gasteiger partial charge on any atom is 0.314 e. The summed E-state index contributed by atoms with van der Waals surface area (Å²) < 4.78 is 0. The smallest absolute Gasteiger partial charge is 0.314 e. The summed E-state index contributed by atoms with van der Waals surface area (Å²) in [5.41, 5.74) is 0.0337. The Balaban J connectivity index is 2.53. The number of pyridine rings is 1. The van der Waals surface area contributed by atoms with Crippen LogP contribution in [0.1, 0.15) is 18.1 Å². The number of hydrogen-bond acceptors (Lipinski definition) is 2. The second kappa shape index (κ2) is 5.81. The van der Waals surface area contributed by atoms with Crippen molar-refractivity contribution < 1.29 is 9.90 Å². The summed E-state index contributed by atoms with van der Waals surface area (Å²) in [5.74, 6) is -0.976. The SMILES string of the molecule is CC(Cc1cccnc1)(C(=O)O)c1c(Cl)cccc1Cl. The fourth-order valence-electron chi connectivity index (χ4n) is 2.21. The van der Waals surface area contributed by atoms with Crippen LogP contribution >= 0.6 is 23.2 Å². The van der Waals surface area contributed by atoms with Crippen molar-refractivity contribution in [2.45, 2.75) is 18.8 Å². The molecule has 0 fully saturated rings. The van der Waals surface area contributed by atoms with Gasteiger partial charge in [0.25, 0.3) is 0 Å². The number of rotatable bonds is 4. The molecule has 2 aromatic rings. The Labute approximate surface area is 127 Å². The van der Waals surface area contributed by atoms with E-state index in [1.807, 2.05) is 6.07 Å². The molecule has 20 heavy (non-hydrogen) atoms. The van der Waals surface area contributed by atoms with Gasteiger partial charge in [0.2, 0.25) is 0 Å². The Kier molecular flexibility index (Phi) is 4.31. The molecule has 0 radical (unpaired) electrons. The van der Waals surface area contributed by atoms with Crippen LogP contribution in [-0.4, -0.2) is 16.1 Å². The molecule has 104 valence electrons. The fourth-order valence-corrected chi connectivity index (χ4v) is 3.02. The van der Waals surface area contributed by atoms with E-state index < -0.39 is 11.4 Å². The molecule has 1 N–H and O–H groups in total. The van der Waals surface area contributed by atoms with Crippen LogP contribution in [0.15, 0.2) is 42.7 Å². The summed E-state index contributed by atoms with van der Waals surface area (Å²) in [6.07, 6.45) is 3.55. The van der Waals surface area contributed by atoms with Crippen LogP contribution in [0.2, 0.25) is 10.0 Å². The van der Waals surface area contributed by atoms with Gasteiger partial charge >= 0.3 is 5.97 Å². The second-order valence-electron chi connectivity index (χ2n) is 4.77. The van der Waals surface area contributed by atoms with Crippen LogP contribution < -0.4 is 0 Å². The van der Waals surface area contributed by atoms with Crippen LogP contribution in [0.4, 0.5) is 0 Å². The maximum atomic E-state index is 11.8. The molecule has 0 saturated heterocycles. The van der Waals surface area contributed by atoms with E-state index in [-0.39, 0.29) is 6.42 Å². The van der Waals surface area contributed by atoms with E-state index in [0.29, 0.717) is 15.6 Å². The molecule has 1 aromatic heterocycles. The van der Waals surface area contributed by atoms with Gasteiger partial charge in [-0.25, -0.2) is 0 Å². The molecular formula is C15H13Cl2NO2. The molecule has 0 aliphatic heterocycles. The van der Waals surface area contributed by atoms with Gasteiger partial charge in [0.05, 0.1) is 5.41 Å². The average molecular weight is 310 g/mol. The molecule has 2 rings (SSSR count). The fraction of sp³-hybridized carbons (Fsp3) is 0.200. The third-order valence-corrected chi connectivity index (χ3v) is 3.90. The molecule has 0 aliphatic rings. The van der Waals surface area contributed by atoms with Crippen LogP contribution in [0.5, 0.6) is 0 Å². The predicted octanol–water partition coefficient (Wildman–Crippen LogP) is 3.97. The van der Waals surface area contributed by atoms with Crippen molar-refractivity contribution in [1.29, 1.82) is 0 Å². The molecule has 1 unspecified atom stereocenters. The number of halogens is 2.